The molecule has 1 aliphatic heterocycles. The van der Waals surface area contributed by atoms with E-state index in [2.05, 4.69) is 22.7 Å². The van der Waals surface area contributed by atoms with Gasteiger partial charge in [-0.2, -0.15) is 5.10 Å². The molecule has 20 heavy (non-hydrogen) atoms. The molecule has 7 heteroatoms. The molecular formula is C13H17N3O3S. The summed E-state index contributed by atoms with van der Waals surface area (Å²) in [6.07, 6.45) is 2.19. The van der Waals surface area contributed by atoms with Gasteiger partial charge in [0.2, 0.25) is 0 Å². The molecule has 1 aromatic carbocycles. The minimum Gasteiger partial charge on any atom is -0.493 e. The Bertz CT molecular complexity index is 476. The van der Waals surface area contributed by atoms with Crippen molar-refractivity contribution in [2.24, 2.45) is 10.8 Å². The van der Waals surface area contributed by atoms with Gasteiger partial charge in [-0.25, -0.2) is 0 Å². The number of nitrogens with zero attached hydrogens (tertiary/aromatic N) is 1. The van der Waals surface area contributed by atoms with E-state index in [4.69, 9.17) is 19.9 Å². The fraction of sp³-hybridized carbons (Fsp3) is 0.385. The maximum absolute atomic E-state index is 5.64. The zero-order valence-corrected chi connectivity index (χ0v) is 11.8. The summed E-state index contributed by atoms with van der Waals surface area (Å²) < 4.78 is 16.3. The largest absolute Gasteiger partial charge is 0.493 e. The summed E-state index contributed by atoms with van der Waals surface area (Å²) in [6.45, 7) is 1.86. The van der Waals surface area contributed by atoms with Crippen LogP contribution >= 0.6 is 12.2 Å². The van der Waals surface area contributed by atoms with Crippen molar-refractivity contribution in [2.75, 3.05) is 19.8 Å². The topological polar surface area (TPSA) is 78.1 Å². The first-order valence-electron chi connectivity index (χ1n) is 6.28. The third kappa shape index (κ3) is 5.12. The summed E-state index contributed by atoms with van der Waals surface area (Å²) in [4.78, 5) is 0. The van der Waals surface area contributed by atoms with Gasteiger partial charge in [-0.3, -0.25) is 5.43 Å². The second-order valence-electron chi connectivity index (χ2n) is 4.12. The first-order chi connectivity index (χ1) is 9.74. The van der Waals surface area contributed by atoms with E-state index in [0.717, 1.165) is 11.3 Å². The van der Waals surface area contributed by atoms with Crippen molar-refractivity contribution in [3.05, 3.63) is 29.8 Å². The SMILES string of the molecule is NC(=S)NN=Cc1cccc(OCCC2OCCO2)c1. The molecule has 0 radical (unpaired) electrons. The van der Waals surface area contributed by atoms with Gasteiger partial charge in [-0.1, -0.05) is 12.1 Å². The molecule has 1 saturated heterocycles. The zero-order valence-electron chi connectivity index (χ0n) is 11.0. The average molecular weight is 295 g/mol. The van der Waals surface area contributed by atoms with E-state index in [9.17, 15) is 0 Å². The molecule has 0 atom stereocenters. The van der Waals surface area contributed by atoms with E-state index in [0.29, 0.717) is 26.2 Å². The lowest BCUT2D eigenvalue weighted by Crippen LogP contribution is -2.23. The van der Waals surface area contributed by atoms with E-state index in [1.54, 1.807) is 6.21 Å². The Morgan fingerprint density at radius 3 is 3.05 bits per heavy atom. The third-order valence-corrected chi connectivity index (χ3v) is 2.65. The van der Waals surface area contributed by atoms with Crippen molar-refractivity contribution in [1.29, 1.82) is 0 Å². The molecular weight excluding hydrogens is 278 g/mol. The Morgan fingerprint density at radius 1 is 1.50 bits per heavy atom. The number of benzene rings is 1. The summed E-state index contributed by atoms with van der Waals surface area (Å²) in [6, 6.07) is 7.55. The Labute approximate surface area is 122 Å². The molecule has 2 rings (SSSR count). The second-order valence-corrected chi connectivity index (χ2v) is 4.55. The first kappa shape index (κ1) is 14.7. The van der Waals surface area contributed by atoms with Crippen molar-refractivity contribution in [3.63, 3.8) is 0 Å². The summed E-state index contributed by atoms with van der Waals surface area (Å²) in [5, 5.41) is 4.02. The van der Waals surface area contributed by atoms with Crippen LogP contribution in [0, 0.1) is 0 Å². The molecule has 1 aliphatic rings. The van der Waals surface area contributed by atoms with Crippen LogP contribution in [-0.2, 0) is 9.47 Å². The Kier molecular flexibility index (Phi) is 5.72. The van der Waals surface area contributed by atoms with Gasteiger partial charge in [0, 0.05) is 6.42 Å². The molecule has 0 spiro atoms. The first-order valence-corrected chi connectivity index (χ1v) is 6.69. The molecule has 3 N–H and O–H groups in total. The Morgan fingerprint density at radius 2 is 2.30 bits per heavy atom. The normalized spacial score (nSPS) is 15.6. The van der Waals surface area contributed by atoms with Crippen molar-refractivity contribution in [2.45, 2.75) is 12.7 Å². The van der Waals surface area contributed by atoms with Gasteiger partial charge in [0.1, 0.15) is 5.75 Å². The highest BCUT2D eigenvalue weighted by Crippen LogP contribution is 2.14. The van der Waals surface area contributed by atoms with Crippen LogP contribution in [0.3, 0.4) is 0 Å². The molecule has 0 amide bonds. The Hall–Kier alpha value is -1.70. The van der Waals surface area contributed by atoms with Crippen LogP contribution in [0.4, 0.5) is 0 Å². The van der Waals surface area contributed by atoms with Gasteiger partial charge in [0.15, 0.2) is 11.4 Å². The third-order valence-electron chi connectivity index (χ3n) is 2.56. The number of ether oxygens (including phenoxy) is 3. The van der Waals surface area contributed by atoms with Crippen molar-refractivity contribution >= 4 is 23.5 Å². The minimum atomic E-state index is -0.144. The highest BCUT2D eigenvalue weighted by atomic mass is 32.1. The highest BCUT2D eigenvalue weighted by molar-refractivity contribution is 7.80. The van der Waals surface area contributed by atoms with Gasteiger partial charge in [0.25, 0.3) is 0 Å². The van der Waals surface area contributed by atoms with Crippen LogP contribution in [0.5, 0.6) is 5.75 Å². The predicted molar refractivity (Wildman–Crippen MR) is 79.8 cm³/mol. The maximum Gasteiger partial charge on any atom is 0.184 e. The monoisotopic (exact) mass is 295 g/mol. The lowest BCUT2D eigenvalue weighted by Gasteiger charge is -2.10. The van der Waals surface area contributed by atoms with Gasteiger partial charge < -0.3 is 19.9 Å². The number of hydrogen-bond donors (Lipinski definition) is 2. The van der Waals surface area contributed by atoms with Gasteiger partial charge in [-0.05, 0) is 29.9 Å². The predicted octanol–water partition coefficient (Wildman–Crippen LogP) is 0.995. The number of thiocarbonyl (C=S) groups is 1. The van der Waals surface area contributed by atoms with Crippen LogP contribution in [0.1, 0.15) is 12.0 Å². The van der Waals surface area contributed by atoms with Crippen LogP contribution < -0.4 is 15.9 Å². The van der Waals surface area contributed by atoms with Crippen molar-refractivity contribution in [3.8, 4) is 5.75 Å². The molecule has 0 unspecified atom stereocenters. The van der Waals surface area contributed by atoms with E-state index in [-0.39, 0.29) is 11.4 Å². The van der Waals surface area contributed by atoms with E-state index in [1.165, 1.54) is 0 Å². The molecule has 0 bridgehead atoms. The summed E-state index contributed by atoms with van der Waals surface area (Å²) >= 11 is 4.65. The minimum absolute atomic E-state index is 0.130. The van der Waals surface area contributed by atoms with E-state index < -0.39 is 0 Å². The lowest BCUT2D eigenvalue weighted by molar-refractivity contribution is -0.0531. The molecule has 0 saturated carbocycles. The van der Waals surface area contributed by atoms with Crippen molar-refractivity contribution < 1.29 is 14.2 Å². The highest BCUT2D eigenvalue weighted by Gasteiger charge is 2.15. The van der Waals surface area contributed by atoms with Crippen LogP contribution in [-0.4, -0.2) is 37.4 Å². The van der Waals surface area contributed by atoms with Gasteiger partial charge >= 0.3 is 0 Å². The molecule has 6 nitrogen and oxygen atoms in total. The van der Waals surface area contributed by atoms with Crippen LogP contribution in [0.15, 0.2) is 29.4 Å². The van der Waals surface area contributed by atoms with Gasteiger partial charge in [-0.15, -0.1) is 0 Å². The Balaban J connectivity index is 1.79. The van der Waals surface area contributed by atoms with Crippen molar-refractivity contribution in [1.82, 2.24) is 5.43 Å². The van der Waals surface area contributed by atoms with E-state index in [1.807, 2.05) is 24.3 Å². The molecule has 108 valence electrons. The fourth-order valence-electron chi connectivity index (χ4n) is 1.70. The average Bonchev–Trinajstić information content (AvgIpc) is 2.92. The summed E-state index contributed by atoms with van der Waals surface area (Å²) in [5.41, 5.74) is 8.66. The molecule has 1 heterocycles. The molecule has 0 aromatic heterocycles. The van der Waals surface area contributed by atoms with Crippen LogP contribution in [0.25, 0.3) is 0 Å². The number of nitrogens with two attached hydrogens (primary N) is 1. The summed E-state index contributed by atoms with van der Waals surface area (Å²) in [7, 11) is 0. The molecule has 1 aromatic rings. The smallest absolute Gasteiger partial charge is 0.184 e. The van der Waals surface area contributed by atoms with E-state index >= 15 is 0 Å². The number of hydrogen-bond acceptors (Lipinski definition) is 5. The molecule has 1 fully saturated rings. The number of hydrazone groups is 1. The zero-order chi connectivity index (χ0) is 14.2. The summed E-state index contributed by atoms with van der Waals surface area (Å²) in [5.74, 6) is 0.766. The quantitative estimate of drug-likeness (QED) is 0.463. The number of nitrogens with one attached hydrogen (secondary N) is 1. The second kappa shape index (κ2) is 7.78. The van der Waals surface area contributed by atoms with Crippen LogP contribution in [0.2, 0.25) is 0 Å². The lowest BCUT2D eigenvalue weighted by atomic mass is 10.2. The standard InChI is InChI=1S/C13H17N3O3S/c14-13(20)16-15-9-10-2-1-3-11(8-10)17-5-4-12-18-6-7-19-12/h1-3,8-9,12H,4-7H2,(H3,14,16,20). The number of rotatable bonds is 6. The van der Waals surface area contributed by atoms with Gasteiger partial charge in [0.05, 0.1) is 26.0 Å². The fourth-order valence-corrected chi connectivity index (χ4v) is 1.75. The molecule has 0 aliphatic carbocycles. The maximum atomic E-state index is 5.64.